The minimum absolute atomic E-state index is 0.0227. The van der Waals surface area contributed by atoms with Crippen molar-refractivity contribution in [2.24, 2.45) is 0 Å². The molecule has 1 aromatic carbocycles. The summed E-state index contributed by atoms with van der Waals surface area (Å²) in [6.07, 6.45) is -11.0. The summed E-state index contributed by atoms with van der Waals surface area (Å²) in [4.78, 5) is 12.5. The minimum Gasteiger partial charge on any atom is -0.508 e. The molecule has 1 aromatic heterocycles. The molecule has 8 unspecified atom stereocenters. The summed E-state index contributed by atoms with van der Waals surface area (Å²) in [5.41, 5.74) is -2.38. The average Bonchev–Trinajstić information content (AvgIpc) is 3.06. The predicted molar refractivity (Wildman–Crippen MR) is 110 cm³/mol. The Balaban J connectivity index is 1.53. The van der Waals surface area contributed by atoms with Crippen LogP contribution in [0.1, 0.15) is 5.76 Å². The molecule has 188 valence electrons. The summed E-state index contributed by atoms with van der Waals surface area (Å²) in [6.45, 7) is -0.101. The molecular formula is C21H26O13. The van der Waals surface area contributed by atoms with E-state index < -0.39 is 74.0 Å². The van der Waals surface area contributed by atoms with Crippen molar-refractivity contribution < 1.29 is 59.1 Å². The van der Waals surface area contributed by atoms with Crippen molar-refractivity contribution in [1.82, 2.24) is 0 Å². The van der Waals surface area contributed by atoms with Crippen LogP contribution < -0.4 is 10.2 Å². The number of rotatable bonds is 6. The van der Waals surface area contributed by atoms with E-state index in [1.54, 1.807) is 6.92 Å². The van der Waals surface area contributed by atoms with Crippen LogP contribution in [0, 0.1) is 6.92 Å². The molecule has 7 N–H and O–H groups in total. The molecule has 0 bridgehead atoms. The predicted octanol–water partition coefficient (Wildman–Crippen LogP) is -2.55. The molecule has 13 heteroatoms. The normalized spacial score (nSPS) is 36.1. The number of aliphatic hydroxyl groups excluding tert-OH is 5. The van der Waals surface area contributed by atoms with Gasteiger partial charge in [-0.3, -0.25) is 4.79 Å². The molecule has 8 atom stereocenters. The van der Waals surface area contributed by atoms with E-state index in [2.05, 4.69) is 0 Å². The Hall–Kier alpha value is -2.33. The van der Waals surface area contributed by atoms with E-state index in [-0.39, 0.29) is 22.5 Å². The van der Waals surface area contributed by atoms with Gasteiger partial charge >= 0.3 is 0 Å². The van der Waals surface area contributed by atoms with E-state index in [0.29, 0.717) is 5.76 Å². The van der Waals surface area contributed by atoms with Crippen LogP contribution >= 0.6 is 0 Å². The molecule has 0 aliphatic carbocycles. The number of phenolic OH excluding ortho intramolecular Hbond substituents is 1. The highest BCUT2D eigenvalue weighted by molar-refractivity contribution is 5.85. The third-order valence-corrected chi connectivity index (χ3v) is 5.82. The van der Waals surface area contributed by atoms with E-state index in [1.165, 1.54) is 12.1 Å². The van der Waals surface area contributed by atoms with Crippen molar-refractivity contribution in [2.75, 3.05) is 19.8 Å². The Labute approximate surface area is 191 Å². The Kier molecular flexibility index (Phi) is 6.83. The number of aryl methyl sites for hydroxylation is 1. The van der Waals surface area contributed by atoms with Gasteiger partial charge < -0.3 is 59.1 Å². The molecule has 4 rings (SSSR count). The molecule has 2 aliphatic heterocycles. The number of fused-ring (bicyclic) bond motifs is 1. The van der Waals surface area contributed by atoms with Crippen molar-refractivity contribution >= 4 is 11.0 Å². The van der Waals surface area contributed by atoms with Crippen LogP contribution in [0.3, 0.4) is 0 Å². The molecule has 0 radical (unpaired) electrons. The summed E-state index contributed by atoms with van der Waals surface area (Å²) in [6, 6.07) is 3.52. The second-order valence-corrected chi connectivity index (χ2v) is 8.39. The first-order chi connectivity index (χ1) is 16.0. The van der Waals surface area contributed by atoms with E-state index >= 15 is 0 Å². The van der Waals surface area contributed by atoms with Gasteiger partial charge in [0.15, 0.2) is 11.7 Å². The van der Waals surface area contributed by atoms with Gasteiger partial charge in [-0.2, -0.15) is 0 Å². The lowest BCUT2D eigenvalue weighted by molar-refractivity contribution is -0.289. The molecule has 0 spiro atoms. The lowest BCUT2D eigenvalue weighted by Gasteiger charge is -2.40. The molecule has 2 aromatic rings. The maximum absolute atomic E-state index is 12.5. The van der Waals surface area contributed by atoms with Crippen molar-refractivity contribution in [1.29, 1.82) is 0 Å². The van der Waals surface area contributed by atoms with Gasteiger partial charge in [-0.15, -0.1) is 0 Å². The fraction of sp³-hybridized carbons (Fsp3) is 0.571. The third-order valence-electron chi connectivity index (χ3n) is 5.82. The van der Waals surface area contributed by atoms with Crippen molar-refractivity contribution in [3.05, 3.63) is 34.2 Å². The van der Waals surface area contributed by atoms with E-state index in [1.807, 2.05) is 0 Å². The van der Waals surface area contributed by atoms with Crippen LogP contribution in [0.25, 0.3) is 11.0 Å². The number of aromatic hydroxyl groups is 1. The number of aliphatic hydroxyl groups is 6. The van der Waals surface area contributed by atoms with Gasteiger partial charge in [-0.1, -0.05) is 0 Å². The Morgan fingerprint density at radius 2 is 1.82 bits per heavy atom. The molecular weight excluding hydrogens is 460 g/mol. The average molecular weight is 486 g/mol. The highest BCUT2D eigenvalue weighted by atomic mass is 16.7. The molecule has 0 amide bonds. The molecule has 0 saturated carbocycles. The first kappa shape index (κ1) is 24.8. The van der Waals surface area contributed by atoms with Crippen LogP contribution in [0.15, 0.2) is 27.4 Å². The maximum atomic E-state index is 12.5. The van der Waals surface area contributed by atoms with Crippen molar-refractivity contribution in [3.8, 4) is 11.5 Å². The zero-order valence-electron chi connectivity index (χ0n) is 18.0. The lowest BCUT2D eigenvalue weighted by atomic mass is 9.99. The Morgan fingerprint density at radius 3 is 2.50 bits per heavy atom. The SMILES string of the molecule is Cc1cc(=O)c2c(OC3OC(COC4OCC(O)(CO)C4O)C(O)C(O)C3O)cc(O)cc2o1. The van der Waals surface area contributed by atoms with Crippen LogP contribution in [-0.2, 0) is 14.2 Å². The second kappa shape index (κ2) is 9.37. The largest absolute Gasteiger partial charge is 0.508 e. The zero-order valence-corrected chi connectivity index (χ0v) is 18.0. The summed E-state index contributed by atoms with van der Waals surface area (Å²) < 4.78 is 27.0. The van der Waals surface area contributed by atoms with Crippen LogP contribution in [0.5, 0.6) is 11.5 Å². The molecule has 2 fully saturated rings. The van der Waals surface area contributed by atoms with Gasteiger partial charge in [0, 0.05) is 18.2 Å². The smallest absolute Gasteiger partial charge is 0.229 e. The quantitative estimate of drug-likeness (QED) is 0.225. The minimum atomic E-state index is -1.92. The summed E-state index contributed by atoms with van der Waals surface area (Å²) >= 11 is 0. The maximum Gasteiger partial charge on any atom is 0.229 e. The fourth-order valence-electron chi connectivity index (χ4n) is 3.85. The second-order valence-electron chi connectivity index (χ2n) is 8.39. The number of hydrogen-bond donors (Lipinski definition) is 7. The number of phenols is 1. The van der Waals surface area contributed by atoms with E-state index in [4.69, 9.17) is 23.4 Å². The standard InChI is InChI=1S/C21H26O13/c1-8-2-10(24)14-11(32-8)3-9(23)4-12(14)33-19-17(27)16(26)15(25)13(34-19)5-30-20-18(28)21(29,6-22)7-31-20/h2-4,13,15-20,22-23,25-29H,5-7H2,1H3. The van der Waals surface area contributed by atoms with Crippen molar-refractivity contribution in [2.45, 2.75) is 55.6 Å². The van der Waals surface area contributed by atoms with E-state index in [9.17, 15) is 40.5 Å². The van der Waals surface area contributed by atoms with Gasteiger partial charge in [-0.05, 0) is 6.92 Å². The van der Waals surface area contributed by atoms with Gasteiger partial charge in [0.1, 0.15) is 64.3 Å². The topological polar surface area (TPSA) is 209 Å². The van der Waals surface area contributed by atoms with Gasteiger partial charge in [-0.25, -0.2) is 0 Å². The molecule has 3 heterocycles. The first-order valence-corrected chi connectivity index (χ1v) is 10.4. The van der Waals surface area contributed by atoms with Gasteiger partial charge in [0.05, 0.1) is 19.8 Å². The van der Waals surface area contributed by atoms with Gasteiger partial charge in [0.25, 0.3) is 0 Å². The van der Waals surface area contributed by atoms with Crippen LogP contribution in [-0.4, -0.2) is 104 Å². The summed E-state index contributed by atoms with van der Waals surface area (Å²) in [7, 11) is 0. The third kappa shape index (κ3) is 4.49. The number of ether oxygens (including phenoxy) is 4. The number of benzene rings is 1. The van der Waals surface area contributed by atoms with E-state index in [0.717, 1.165) is 6.07 Å². The Bertz CT molecular complexity index is 1080. The van der Waals surface area contributed by atoms with Crippen LogP contribution in [0.4, 0.5) is 0 Å². The number of hydrogen-bond acceptors (Lipinski definition) is 13. The highest BCUT2D eigenvalue weighted by Crippen LogP contribution is 2.33. The van der Waals surface area contributed by atoms with Crippen LogP contribution in [0.2, 0.25) is 0 Å². The molecule has 34 heavy (non-hydrogen) atoms. The molecule has 2 aliphatic rings. The zero-order chi connectivity index (χ0) is 24.8. The molecule has 13 nitrogen and oxygen atoms in total. The lowest BCUT2D eigenvalue weighted by Crippen LogP contribution is -2.60. The summed E-state index contributed by atoms with van der Waals surface area (Å²) in [5.74, 6) is -0.201. The fourth-order valence-corrected chi connectivity index (χ4v) is 3.85. The molecule has 2 saturated heterocycles. The van der Waals surface area contributed by atoms with Crippen molar-refractivity contribution in [3.63, 3.8) is 0 Å². The summed E-state index contributed by atoms with van der Waals surface area (Å²) in [5, 5.41) is 70.2. The van der Waals surface area contributed by atoms with Gasteiger partial charge in [0.2, 0.25) is 6.29 Å². The first-order valence-electron chi connectivity index (χ1n) is 10.4. The monoisotopic (exact) mass is 486 g/mol. The Morgan fingerprint density at radius 1 is 1.09 bits per heavy atom. The highest BCUT2D eigenvalue weighted by Gasteiger charge is 2.50.